The Balaban J connectivity index is 1.86. The zero-order valence-electron chi connectivity index (χ0n) is 9.31. The van der Waals surface area contributed by atoms with Crippen LogP contribution in [0.15, 0.2) is 18.6 Å². The molecule has 86 valence electrons. The quantitative estimate of drug-likeness (QED) is 0.869. The third-order valence-electron chi connectivity index (χ3n) is 2.40. The molecule has 0 spiro atoms. The van der Waals surface area contributed by atoms with Gasteiger partial charge in [-0.1, -0.05) is 11.6 Å². The fourth-order valence-electron chi connectivity index (χ4n) is 1.47. The molecule has 2 aromatic rings. The molecule has 2 rings (SSSR count). The summed E-state index contributed by atoms with van der Waals surface area (Å²) >= 11 is 5.89. The molecule has 2 aromatic heterocycles. The third-order valence-corrected chi connectivity index (χ3v) is 2.75. The van der Waals surface area contributed by atoms with Crippen LogP contribution in [0, 0.1) is 0 Å². The summed E-state index contributed by atoms with van der Waals surface area (Å²) in [4.78, 5) is 4.20. The molecule has 0 aliphatic carbocycles. The van der Waals surface area contributed by atoms with Crippen LogP contribution in [0.2, 0.25) is 5.15 Å². The van der Waals surface area contributed by atoms with E-state index < -0.39 is 0 Å². The van der Waals surface area contributed by atoms with Crippen LogP contribution in [0.1, 0.15) is 11.4 Å². The van der Waals surface area contributed by atoms with Crippen molar-refractivity contribution in [2.24, 2.45) is 14.1 Å². The fourth-order valence-corrected chi connectivity index (χ4v) is 1.62. The molecule has 6 heteroatoms. The Morgan fingerprint density at radius 2 is 2.12 bits per heavy atom. The maximum absolute atomic E-state index is 5.89. The molecule has 0 saturated heterocycles. The van der Waals surface area contributed by atoms with E-state index in [1.807, 2.05) is 31.1 Å². The molecule has 0 unspecified atom stereocenters. The van der Waals surface area contributed by atoms with Gasteiger partial charge in [0.05, 0.1) is 18.9 Å². The molecule has 0 aliphatic rings. The average molecular weight is 240 g/mol. The van der Waals surface area contributed by atoms with Crippen LogP contribution >= 0.6 is 11.6 Å². The second kappa shape index (κ2) is 4.67. The van der Waals surface area contributed by atoms with E-state index in [1.54, 1.807) is 10.9 Å². The number of imidazole rings is 1. The molecule has 0 radical (unpaired) electrons. The van der Waals surface area contributed by atoms with E-state index in [-0.39, 0.29) is 0 Å². The summed E-state index contributed by atoms with van der Waals surface area (Å²) in [5, 5.41) is 8.04. The topological polar surface area (TPSA) is 47.7 Å². The Bertz CT molecular complexity index is 473. The van der Waals surface area contributed by atoms with Crippen molar-refractivity contribution in [1.29, 1.82) is 0 Å². The van der Waals surface area contributed by atoms with Crippen molar-refractivity contribution in [3.8, 4) is 0 Å². The van der Waals surface area contributed by atoms with E-state index in [4.69, 9.17) is 11.6 Å². The zero-order chi connectivity index (χ0) is 11.5. The van der Waals surface area contributed by atoms with E-state index in [9.17, 15) is 0 Å². The molecule has 0 amide bonds. The first-order valence-electron chi connectivity index (χ1n) is 5.01. The van der Waals surface area contributed by atoms with Crippen LogP contribution in [0.4, 0.5) is 0 Å². The highest BCUT2D eigenvalue weighted by Crippen LogP contribution is 2.08. The molecule has 0 bridgehead atoms. The second-order valence-electron chi connectivity index (χ2n) is 3.68. The summed E-state index contributed by atoms with van der Waals surface area (Å²) in [6.45, 7) is 1.47. The van der Waals surface area contributed by atoms with Crippen molar-refractivity contribution in [2.75, 3.05) is 0 Å². The van der Waals surface area contributed by atoms with Gasteiger partial charge >= 0.3 is 0 Å². The molecule has 0 atom stereocenters. The Kier molecular flexibility index (Phi) is 3.26. The molecular weight excluding hydrogens is 226 g/mol. The van der Waals surface area contributed by atoms with Gasteiger partial charge in [0.2, 0.25) is 0 Å². The van der Waals surface area contributed by atoms with Gasteiger partial charge in [0.1, 0.15) is 11.0 Å². The van der Waals surface area contributed by atoms with Crippen LogP contribution in [0.3, 0.4) is 0 Å². The van der Waals surface area contributed by atoms with Gasteiger partial charge in [-0.15, -0.1) is 0 Å². The minimum atomic E-state index is 0.651. The summed E-state index contributed by atoms with van der Waals surface area (Å²) in [5.41, 5.74) is 1.16. The van der Waals surface area contributed by atoms with Crippen LogP contribution in [-0.4, -0.2) is 19.3 Å². The summed E-state index contributed by atoms with van der Waals surface area (Å²) in [7, 11) is 3.80. The number of aryl methyl sites for hydroxylation is 1. The normalized spacial score (nSPS) is 10.9. The lowest BCUT2D eigenvalue weighted by atomic mass is 10.3. The molecule has 0 fully saturated rings. The van der Waals surface area contributed by atoms with Crippen LogP contribution in [0.5, 0.6) is 0 Å². The summed E-state index contributed by atoms with van der Waals surface area (Å²) < 4.78 is 3.65. The first kappa shape index (κ1) is 11.2. The largest absolute Gasteiger partial charge is 0.321 e. The number of hydrogen-bond acceptors (Lipinski definition) is 3. The molecule has 1 N–H and O–H groups in total. The highest BCUT2D eigenvalue weighted by Gasteiger charge is 2.03. The van der Waals surface area contributed by atoms with Crippen molar-refractivity contribution in [2.45, 2.75) is 13.1 Å². The molecule has 0 aliphatic heterocycles. The maximum Gasteiger partial charge on any atom is 0.128 e. The van der Waals surface area contributed by atoms with E-state index in [0.29, 0.717) is 11.7 Å². The van der Waals surface area contributed by atoms with Crippen LogP contribution < -0.4 is 5.32 Å². The van der Waals surface area contributed by atoms with Gasteiger partial charge in [0.15, 0.2) is 0 Å². The van der Waals surface area contributed by atoms with Gasteiger partial charge in [-0.2, -0.15) is 5.10 Å². The maximum atomic E-state index is 5.89. The molecule has 5 nitrogen and oxygen atoms in total. The monoisotopic (exact) mass is 239 g/mol. The van der Waals surface area contributed by atoms with E-state index in [0.717, 1.165) is 17.9 Å². The summed E-state index contributed by atoms with van der Waals surface area (Å²) in [5.74, 6) is 0.925. The third kappa shape index (κ3) is 2.43. The lowest BCUT2D eigenvalue weighted by Gasteiger charge is -2.03. The number of halogens is 1. The highest BCUT2D eigenvalue weighted by atomic mass is 35.5. The number of hydrogen-bond donors (Lipinski definition) is 1. The van der Waals surface area contributed by atoms with Crippen LogP contribution in [-0.2, 0) is 27.2 Å². The number of rotatable bonds is 4. The van der Waals surface area contributed by atoms with Gasteiger partial charge in [0.25, 0.3) is 0 Å². The van der Waals surface area contributed by atoms with Crippen molar-refractivity contribution >= 4 is 11.6 Å². The Morgan fingerprint density at radius 1 is 1.31 bits per heavy atom. The standard InChI is InChI=1S/C10H14ClN5/c1-15-7-8(4-14-15)3-12-6-10-13-5-9(11)16(10)2/h4-5,7,12H,3,6H2,1-2H3. The average Bonchev–Trinajstić information content (AvgIpc) is 2.79. The molecule has 0 saturated carbocycles. The van der Waals surface area contributed by atoms with Gasteiger partial charge in [-0.05, 0) is 0 Å². The number of aromatic nitrogens is 4. The first-order valence-corrected chi connectivity index (χ1v) is 5.39. The highest BCUT2D eigenvalue weighted by molar-refractivity contribution is 6.29. The summed E-state index contributed by atoms with van der Waals surface area (Å²) in [6.07, 6.45) is 5.49. The second-order valence-corrected chi connectivity index (χ2v) is 4.07. The predicted octanol–water partition coefficient (Wildman–Crippen LogP) is 1.10. The van der Waals surface area contributed by atoms with Crippen molar-refractivity contribution < 1.29 is 0 Å². The fraction of sp³-hybridized carbons (Fsp3) is 0.400. The lowest BCUT2D eigenvalue weighted by molar-refractivity contribution is 0.638. The molecule has 0 aromatic carbocycles. The first-order chi connectivity index (χ1) is 7.66. The minimum Gasteiger partial charge on any atom is -0.321 e. The molecule has 2 heterocycles. The van der Waals surface area contributed by atoms with Gasteiger partial charge in [-0.25, -0.2) is 4.98 Å². The number of nitrogens with zero attached hydrogens (tertiary/aromatic N) is 4. The molecule has 16 heavy (non-hydrogen) atoms. The zero-order valence-corrected chi connectivity index (χ0v) is 10.1. The predicted molar refractivity (Wildman–Crippen MR) is 62.0 cm³/mol. The number of nitrogens with one attached hydrogen (secondary N) is 1. The van der Waals surface area contributed by atoms with Crippen molar-refractivity contribution in [3.05, 3.63) is 35.1 Å². The Labute approximate surface area is 99.0 Å². The van der Waals surface area contributed by atoms with Crippen molar-refractivity contribution in [3.63, 3.8) is 0 Å². The smallest absolute Gasteiger partial charge is 0.128 e. The van der Waals surface area contributed by atoms with E-state index in [2.05, 4.69) is 15.4 Å². The Morgan fingerprint density at radius 3 is 2.69 bits per heavy atom. The van der Waals surface area contributed by atoms with E-state index >= 15 is 0 Å². The van der Waals surface area contributed by atoms with E-state index in [1.165, 1.54) is 0 Å². The SMILES string of the molecule is Cn1cc(CNCc2ncc(Cl)n2C)cn1. The minimum absolute atomic E-state index is 0.651. The van der Waals surface area contributed by atoms with Crippen molar-refractivity contribution in [1.82, 2.24) is 24.6 Å². The van der Waals surface area contributed by atoms with Gasteiger partial charge in [-0.3, -0.25) is 4.68 Å². The Hall–Kier alpha value is -1.33. The summed E-state index contributed by atoms with van der Waals surface area (Å²) in [6, 6.07) is 0. The van der Waals surface area contributed by atoms with Crippen LogP contribution in [0.25, 0.3) is 0 Å². The lowest BCUT2D eigenvalue weighted by Crippen LogP contribution is -2.15. The van der Waals surface area contributed by atoms with Gasteiger partial charge < -0.3 is 9.88 Å². The van der Waals surface area contributed by atoms with Gasteiger partial charge in [0, 0.05) is 32.4 Å². The molecular formula is C10H14ClN5.